The number of benzene rings is 2. The molecule has 0 radical (unpaired) electrons. The van der Waals surface area contributed by atoms with E-state index in [1.54, 1.807) is 6.20 Å². The van der Waals surface area contributed by atoms with Crippen molar-refractivity contribution < 1.29 is 17.1 Å². The number of rotatable bonds is 5. The van der Waals surface area contributed by atoms with E-state index in [2.05, 4.69) is 33.3 Å². The molecule has 2 aromatic carbocycles. The zero-order valence-electron chi connectivity index (χ0n) is 19.0. The van der Waals surface area contributed by atoms with Crippen molar-refractivity contribution in [2.45, 2.75) is 51.5 Å². The van der Waals surface area contributed by atoms with Gasteiger partial charge >= 0.3 is 0 Å². The lowest BCUT2D eigenvalue weighted by Crippen LogP contribution is -2.29. The number of likely N-dealkylation sites (tertiary alicyclic amines) is 1. The molecule has 1 unspecified atom stereocenters. The minimum atomic E-state index is -0.482. The number of H-pyrrole nitrogens is 1. The highest BCUT2D eigenvalue weighted by atomic mass is 16.7. The van der Waals surface area contributed by atoms with E-state index in [4.69, 9.17) is 19.9 Å². The third-order valence-electron chi connectivity index (χ3n) is 5.72. The summed E-state index contributed by atoms with van der Waals surface area (Å²) in [5.74, 6) is 0.437. The number of aromatic nitrogens is 2. The van der Waals surface area contributed by atoms with Crippen LogP contribution in [0.15, 0.2) is 48.7 Å². The molecule has 0 aliphatic carbocycles. The molecule has 3 N–H and O–H groups in total. The summed E-state index contributed by atoms with van der Waals surface area (Å²) in [7, 11) is 0. The normalized spacial score (nSPS) is 20.6. The largest absolute Gasteiger partial charge is 0.491 e. The molecule has 0 saturated carbocycles. The zero-order chi connectivity index (χ0) is 22.4. The Labute approximate surface area is 192 Å². The molecule has 0 amide bonds. The monoisotopic (exact) mass is 442 g/mol. The molecule has 7 heteroatoms. The molecule has 2 fully saturated rings. The molecule has 2 aliphatic heterocycles. The molecule has 3 aromatic rings. The average Bonchev–Trinajstić information content (AvgIpc) is 3.39. The van der Waals surface area contributed by atoms with Crippen LogP contribution in [0.1, 0.15) is 41.5 Å². The summed E-state index contributed by atoms with van der Waals surface area (Å²) in [6.45, 7) is 8.46. The molecule has 176 valence electrons. The van der Waals surface area contributed by atoms with E-state index >= 15 is 0 Å². The van der Waals surface area contributed by atoms with Gasteiger partial charge < -0.3 is 19.9 Å². The molecular formula is C25H38N4O3. The second-order valence-electron chi connectivity index (χ2n) is 8.96. The van der Waals surface area contributed by atoms with Crippen molar-refractivity contribution in [1.82, 2.24) is 15.1 Å². The van der Waals surface area contributed by atoms with Crippen LogP contribution in [0.5, 0.6) is 5.75 Å². The number of fused-ring (bicyclic) bond motifs is 1. The van der Waals surface area contributed by atoms with Crippen LogP contribution in [0.4, 0.5) is 5.69 Å². The first-order valence-electron chi connectivity index (χ1n) is 11.4. The number of nitrogens with one attached hydrogen (secondary N) is 1. The molecule has 5 rings (SSSR count). The Morgan fingerprint density at radius 3 is 2.81 bits per heavy atom. The lowest BCUT2D eigenvalue weighted by Gasteiger charge is -2.26. The van der Waals surface area contributed by atoms with Gasteiger partial charge in [-0.1, -0.05) is 18.6 Å². The van der Waals surface area contributed by atoms with Crippen LogP contribution in [0.25, 0.3) is 10.9 Å². The summed E-state index contributed by atoms with van der Waals surface area (Å²) in [5, 5.41) is 7.76. The van der Waals surface area contributed by atoms with Gasteiger partial charge in [-0.2, -0.15) is 5.10 Å². The molecule has 1 atom stereocenters. The van der Waals surface area contributed by atoms with Gasteiger partial charge in [0.05, 0.1) is 18.3 Å². The predicted octanol–water partition coefficient (Wildman–Crippen LogP) is 4.84. The maximum absolute atomic E-state index is 5.89. The summed E-state index contributed by atoms with van der Waals surface area (Å²) >= 11 is 0. The number of nitrogen functional groups attached to an aromatic ring is 1. The van der Waals surface area contributed by atoms with E-state index in [1.165, 1.54) is 37.9 Å². The second-order valence-corrected chi connectivity index (χ2v) is 8.96. The summed E-state index contributed by atoms with van der Waals surface area (Å²) in [5.41, 5.74) is 8.66. The standard InChI is InChI=1S/C18H27NO3.C7H7N3.2H2/c1-18(2)21-14-17(22-18)13-20-16-8-6-7-15(11-16)12-19-9-4-3-5-10-19;8-6-1-2-7-5(3-6)4-9-10-7;;/h6-8,11,17H,3-5,9-10,12-14H2,1-2H3;1-4H,8H2,(H,9,10);2*1H. The average molecular weight is 443 g/mol. The molecule has 0 spiro atoms. The van der Waals surface area contributed by atoms with Gasteiger partial charge in [-0.15, -0.1) is 0 Å². The van der Waals surface area contributed by atoms with Crippen molar-refractivity contribution in [2.75, 3.05) is 32.0 Å². The molecular weight excluding hydrogens is 404 g/mol. The van der Waals surface area contributed by atoms with Crippen LogP contribution < -0.4 is 10.5 Å². The van der Waals surface area contributed by atoms with Gasteiger partial charge in [0, 0.05) is 20.5 Å². The van der Waals surface area contributed by atoms with Crippen LogP contribution in [0.2, 0.25) is 0 Å². The predicted molar refractivity (Wildman–Crippen MR) is 131 cm³/mol. The fraction of sp³-hybridized carbons (Fsp3) is 0.480. The van der Waals surface area contributed by atoms with Crippen LogP contribution >= 0.6 is 0 Å². The number of nitrogens with two attached hydrogens (primary N) is 1. The SMILES string of the molecule is CC1(C)OCC(COc2cccc(CN3CCCCC3)c2)O1.Nc1ccc2[nH]ncc2c1.[HH].[HH]. The zero-order valence-corrected chi connectivity index (χ0v) is 19.0. The second kappa shape index (κ2) is 10.3. The Morgan fingerprint density at radius 2 is 2.03 bits per heavy atom. The van der Waals surface area contributed by atoms with E-state index < -0.39 is 5.79 Å². The van der Waals surface area contributed by atoms with E-state index in [-0.39, 0.29) is 8.96 Å². The fourth-order valence-electron chi connectivity index (χ4n) is 4.10. The van der Waals surface area contributed by atoms with E-state index in [0.717, 1.165) is 28.9 Å². The van der Waals surface area contributed by atoms with Gasteiger partial charge in [0.25, 0.3) is 0 Å². The Hall–Kier alpha value is -2.61. The smallest absolute Gasteiger partial charge is 0.163 e. The number of aromatic amines is 1. The number of ether oxygens (including phenoxy) is 3. The van der Waals surface area contributed by atoms with Crippen molar-refractivity contribution in [3.63, 3.8) is 0 Å². The van der Waals surface area contributed by atoms with Crippen molar-refractivity contribution in [1.29, 1.82) is 0 Å². The topological polar surface area (TPSA) is 85.6 Å². The molecule has 2 aliphatic rings. The van der Waals surface area contributed by atoms with Gasteiger partial charge in [0.1, 0.15) is 18.5 Å². The van der Waals surface area contributed by atoms with Gasteiger partial charge in [-0.25, -0.2) is 0 Å². The van der Waals surface area contributed by atoms with Crippen LogP contribution in [0.3, 0.4) is 0 Å². The number of hydrogen-bond acceptors (Lipinski definition) is 6. The maximum Gasteiger partial charge on any atom is 0.163 e. The van der Waals surface area contributed by atoms with E-state index in [1.807, 2.05) is 38.1 Å². The Morgan fingerprint density at radius 1 is 1.19 bits per heavy atom. The minimum absolute atomic E-state index is 0. The first-order valence-corrected chi connectivity index (χ1v) is 11.4. The Bertz CT molecular complexity index is 1010. The summed E-state index contributed by atoms with van der Waals surface area (Å²) in [6.07, 6.45) is 5.79. The van der Waals surface area contributed by atoms with Gasteiger partial charge in [0.2, 0.25) is 0 Å². The van der Waals surface area contributed by atoms with Crippen molar-refractivity contribution in [3.05, 3.63) is 54.2 Å². The highest BCUT2D eigenvalue weighted by Gasteiger charge is 2.32. The third-order valence-corrected chi connectivity index (χ3v) is 5.72. The summed E-state index contributed by atoms with van der Waals surface area (Å²) in [6, 6.07) is 14.1. The van der Waals surface area contributed by atoms with E-state index in [0.29, 0.717) is 13.2 Å². The Balaban J connectivity index is 0.000000287. The van der Waals surface area contributed by atoms with Crippen molar-refractivity contribution >= 4 is 16.6 Å². The van der Waals surface area contributed by atoms with Crippen molar-refractivity contribution in [3.8, 4) is 5.75 Å². The van der Waals surface area contributed by atoms with Gasteiger partial charge in [-0.05, 0) is 75.7 Å². The van der Waals surface area contributed by atoms with Gasteiger partial charge in [0.15, 0.2) is 5.79 Å². The number of nitrogens with zero attached hydrogens (tertiary/aromatic N) is 2. The van der Waals surface area contributed by atoms with Crippen LogP contribution in [0, 0.1) is 0 Å². The number of piperidine rings is 1. The summed E-state index contributed by atoms with van der Waals surface area (Å²) < 4.78 is 17.2. The lowest BCUT2D eigenvalue weighted by atomic mass is 10.1. The van der Waals surface area contributed by atoms with Crippen LogP contribution in [-0.2, 0) is 16.0 Å². The number of hydrogen-bond donors (Lipinski definition) is 2. The first-order chi connectivity index (χ1) is 15.5. The maximum atomic E-state index is 5.89. The van der Waals surface area contributed by atoms with Crippen molar-refractivity contribution in [2.24, 2.45) is 0 Å². The minimum Gasteiger partial charge on any atom is -0.491 e. The molecule has 0 bridgehead atoms. The van der Waals surface area contributed by atoms with Gasteiger partial charge in [-0.3, -0.25) is 10.00 Å². The quantitative estimate of drug-likeness (QED) is 0.550. The lowest BCUT2D eigenvalue weighted by molar-refractivity contribution is -0.141. The molecule has 2 saturated heterocycles. The van der Waals surface area contributed by atoms with Crippen LogP contribution in [-0.4, -0.2) is 53.3 Å². The fourth-order valence-corrected chi connectivity index (χ4v) is 4.10. The number of anilines is 1. The molecule has 1 aromatic heterocycles. The Kier molecular flexibility index (Phi) is 7.29. The third kappa shape index (κ3) is 6.45. The molecule has 7 nitrogen and oxygen atoms in total. The molecule has 32 heavy (non-hydrogen) atoms. The highest BCUT2D eigenvalue weighted by Crippen LogP contribution is 2.23. The van der Waals surface area contributed by atoms with E-state index in [9.17, 15) is 0 Å². The first kappa shape index (κ1) is 22.6. The highest BCUT2D eigenvalue weighted by molar-refractivity contribution is 5.81. The summed E-state index contributed by atoms with van der Waals surface area (Å²) in [4.78, 5) is 2.53. The molecule has 3 heterocycles.